The van der Waals surface area contributed by atoms with E-state index in [4.69, 9.17) is 0 Å². The Morgan fingerprint density at radius 2 is 2.08 bits per heavy atom. The highest BCUT2D eigenvalue weighted by Crippen LogP contribution is 2.37. The highest BCUT2D eigenvalue weighted by molar-refractivity contribution is 5.93. The van der Waals surface area contributed by atoms with E-state index in [2.05, 4.69) is 26.8 Å². The molecule has 0 N–H and O–H groups in total. The summed E-state index contributed by atoms with van der Waals surface area (Å²) in [6.45, 7) is 8.47. The van der Waals surface area contributed by atoms with Gasteiger partial charge in [-0.15, -0.1) is 0 Å². The Bertz CT molecular complexity index is 230. The number of ketones is 1. The molecule has 0 aliphatic heterocycles. The van der Waals surface area contributed by atoms with Crippen LogP contribution in [0.15, 0.2) is 11.6 Å². The molecule has 13 heavy (non-hydrogen) atoms. The molecule has 1 atom stereocenters. The summed E-state index contributed by atoms with van der Waals surface area (Å²) in [5.41, 5.74) is 1.39. The van der Waals surface area contributed by atoms with Gasteiger partial charge >= 0.3 is 0 Å². The van der Waals surface area contributed by atoms with Crippen molar-refractivity contribution in [2.24, 2.45) is 11.3 Å². The topological polar surface area (TPSA) is 17.1 Å². The molecule has 74 valence electrons. The summed E-state index contributed by atoms with van der Waals surface area (Å²) in [5.74, 6) is 0.936. The van der Waals surface area contributed by atoms with Crippen molar-refractivity contribution >= 4 is 5.78 Å². The highest BCUT2D eigenvalue weighted by atomic mass is 16.1. The lowest BCUT2D eigenvalue weighted by Gasteiger charge is -2.33. The van der Waals surface area contributed by atoms with E-state index in [1.807, 2.05) is 0 Å². The minimum Gasteiger partial charge on any atom is -0.295 e. The van der Waals surface area contributed by atoms with E-state index in [0.717, 1.165) is 18.4 Å². The van der Waals surface area contributed by atoms with Crippen LogP contribution in [0.4, 0.5) is 0 Å². The summed E-state index contributed by atoms with van der Waals surface area (Å²) >= 11 is 0. The van der Waals surface area contributed by atoms with Crippen LogP contribution in [0, 0.1) is 11.3 Å². The molecule has 0 saturated carbocycles. The van der Waals surface area contributed by atoms with Gasteiger partial charge in [0.25, 0.3) is 0 Å². The average molecular weight is 180 g/mol. The summed E-state index contributed by atoms with van der Waals surface area (Å²) in [6, 6.07) is 0. The zero-order valence-corrected chi connectivity index (χ0v) is 9.18. The summed E-state index contributed by atoms with van der Waals surface area (Å²) in [4.78, 5) is 11.2. The van der Waals surface area contributed by atoms with Crippen molar-refractivity contribution in [3.05, 3.63) is 11.6 Å². The molecule has 1 rings (SSSR count). The summed E-state index contributed by atoms with van der Waals surface area (Å²) in [5, 5.41) is 0. The Labute approximate surface area is 81.2 Å². The van der Waals surface area contributed by atoms with Gasteiger partial charge in [-0.3, -0.25) is 4.79 Å². The molecule has 0 aromatic carbocycles. The second kappa shape index (κ2) is 3.65. The van der Waals surface area contributed by atoms with Crippen LogP contribution in [0.2, 0.25) is 0 Å². The zero-order valence-electron chi connectivity index (χ0n) is 9.18. The second-order valence-electron chi connectivity index (χ2n) is 5.13. The SMILES string of the molecule is CC(=O)C1=CCCC(C(C)(C)C)C1. The van der Waals surface area contributed by atoms with Crippen LogP contribution in [0.5, 0.6) is 0 Å². The van der Waals surface area contributed by atoms with Crippen LogP contribution in [0.1, 0.15) is 47.0 Å². The Morgan fingerprint density at radius 1 is 1.46 bits per heavy atom. The number of rotatable bonds is 1. The standard InChI is InChI=1S/C12H20O/c1-9(13)10-6-5-7-11(8-10)12(2,3)4/h6,11H,5,7-8H2,1-4H3. The molecule has 1 nitrogen and oxygen atoms in total. The molecular formula is C12H20O. The summed E-state index contributed by atoms with van der Waals surface area (Å²) in [7, 11) is 0. The van der Waals surface area contributed by atoms with Gasteiger partial charge in [-0.1, -0.05) is 26.8 Å². The third-order valence-corrected chi connectivity index (χ3v) is 3.05. The zero-order chi connectivity index (χ0) is 10.1. The van der Waals surface area contributed by atoms with Gasteiger partial charge in [-0.2, -0.15) is 0 Å². The van der Waals surface area contributed by atoms with Crippen molar-refractivity contribution < 1.29 is 4.79 Å². The minimum atomic E-state index is 0.258. The molecule has 0 radical (unpaired) electrons. The van der Waals surface area contributed by atoms with E-state index in [-0.39, 0.29) is 5.78 Å². The summed E-state index contributed by atoms with van der Waals surface area (Å²) in [6.07, 6.45) is 5.42. The number of allylic oxidation sites excluding steroid dienone is 2. The van der Waals surface area contributed by atoms with Gasteiger partial charge in [0.2, 0.25) is 0 Å². The predicted octanol–water partition coefficient (Wildman–Crippen LogP) is 3.35. The van der Waals surface area contributed by atoms with Gasteiger partial charge in [-0.25, -0.2) is 0 Å². The monoisotopic (exact) mass is 180 g/mol. The Kier molecular flexibility index (Phi) is 2.94. The fourth-order valence-electron chi connectivity index (χ4n) is 1.94. The third kappa shape index (κ3) is 2.68. The first-order chi connectivity index (χ1) is 5.91. The Hall–Kier alpha value is -0.590. The van der Waals surface area contributed by atoms with Crippen molar-refractivity contribution in [3.63, 3.8) is 0 Å². The number of carbonyl (C=O) groups is 1. The van der Waals surface area contributed by atoms with Gasteiger partial charge in [0.05, 0.1) is 0 Å². The molecule has 1 heteroatoms. The van der Waals surface area contributed by atoms with Crippen molar-refractivity contribution in [2.75, 3.05) is 0 Å². The van der Waals surface area contributed by atoms with Crippen LogP contribution < -0.4 is 0 Å². The lowest BCUT2D eigenvalue weighted by Crippen LogP contribution is -2.24. The van der Waals surface area contributed by atoms with Crippen molar-refractivity contribution in [2.45, 2.75) is 47.0 Å². The third-order valence-electron chi connectivity index (χ3n) is 3.05. The Morgan fingerprint density at radius 3 is 2.54 bits per heavy atom. The van der Waals surface area contributed by atoms with Crippen molar-refractivity contribution in [1.82, 2.24) is 0 Å². The van der Waals surface area contributed by atoms with Gasteiger partial charge in [-0.05, 0) is 43.1 Å². The largest absolute Gasteiger partial charge is 0.295 e. The molecule has 0 aromatic heterocycles. The van der Waals surface area contributed by atoms with Gasteiger partial charge < -0.3 is 0 Å². The van der Waals surface area contributed by atoms with Crippen LogP contribution in [0.25, 0.3) is 0 Å². The van der Waals surface area contributed by atoms with Crippen molar-refractivity contribution in [3.8, 4) is 0 Å². The smallest absolute Gasteiger partial charge is 0.155 e. The maximum Gasteiger partial charge on any atom is 0.155 e. The molecule has 1 aliphatic rings. The van der Waals surface area contributed by atoms with Crippen LogP contribution in [-0.2, 0) is 4.79 Å². The van der Waals surface area contributed by atoms with Gasteiger partial charge in [0.1, 0.15) is 0 Å². The number of carbonyl (C=O) groups excluding carboxylic acids is 1. The van der Waals surface area contributed by atoms with E-state index in [0.29, 0.717) is 11.3 Å². The predicted molar refractivity (Wildman–Crippen MR) is 55.6 cm³/mol. The van der Waals surface area contributed by atoms with Gasteiger partial charge in [0.15, 0.2) is 5.78 Å². The number of hydrogen-bond acceptors (Lipinski definition) is 1. The molecule has 0 bridgehead atoms. The maximum atomic E-state index is 11.2. The molecule has 0 heterocycles. The molecule has 1 unspecified atom stereocenters. The van der Waals surface area contributed by atoms with Gasteiger partial charge in [0, 0.05) is 0 Å². The quantitative estimate of drug-likeness (QED) is 0.605. The molecular weight excluding hydrogens is 160 g/mol. The molecule has 0 aromatic rings. The molecule has 0 amide bonds. The highest BCUT2D eigenvalue weighted by Gasteiger charge is 2.27. The van der Waals surface area contributed by atoms with E-state index in [1.54, 1.807) is 6.92 Å². The van der Waals surface area contributed by atoms with Crippen LogP contribution in [0.3, 0.4) is 0 Å². The lowest BCUT2D eigenvalue weighted by molar-refractivity contribution is -0.114. The first-order valence-electron chi connectivity index (χ1n) is 5.11. The Balaban J connectivity index is 2.68. The lowest BCUT2D eigenvalue weighted by atomic mass is 9.72. The van der Waals surface area contributed by atoms with Crippen LogP contribution in [-0.4, -0.2) is 5.78 Å². The van der Waals surface area contributed by atoms with E-state index in [1.165, 1.54) is 6.42 Å². The first-order valence-corrected chi connectivity index (χ1v) is 5.11. The molecule has 0 saturated heterocycles. The molecule has 0 spiro atoms. The maximum absolute atomic E-state index is 11.2. The second-order valence-corrected chi connectivity index (χ2v) is 5.13. The first kappa shape index (κ1) is 10.5. The fraction of sp³-hybridized carbons (Fsp3) is 0.750. The number of hydrogen-bond donors (Lipinski definition) is 0. The normalized spacial score (nSPS) is 24.0. The summed E-state index contributed by atoms with van der Waals surface area (Å²) < 4.78 is 0. The van der Waals surface area contributed by atoms with Crippen LogP contribution >= 0.6 is 0 Å². The number of Topliss-reactive ketones (excluding diaryl/α,β-unsaturated/α-hetero) is 1. The van der Waals surface area contributed by atoms with E-state index < -0.39 is 0 Å². The van der Waals surface area contributed by atoms with E-state index in [9.17, 15) is 4.79 Å². The van der Waals surface area contributed by atoms with Crippen molar-refractivity contribution in [1.29, 1.82) is 0 Å². The minimum absolute atomic E-state index is 0.258. The fourth-order valence-corrected chi connectivity index (χ4v) is 1.94. The molecule has 0 fully saturated rings. The van der Waals surface area contributed by atoms with E-state index >= 15 is 0 Å². The average Bonchev–Trinajstić information content (AvgIpc) is 2.03. The molecule has 1 aliphatic carbocycles.